The Kier molecular flexibility index (Phi) is 4.71. The maximum atomic E-state index is 5.44. The van der Waals surface area contributed by atoms with E-state index in [9.17, 15) is 0 Å². The molecule has 3 heterocycles. The summed E-state index contributed by atoms with van der Waals surface area (Å²) in [6.07, 6.45) is 6.79. The van der Waals surface area contributed by atoms with E-state index in [1.165, 1.54) is 12.8 Å². The molecule has 6 heteroatoms. The number of hydrogen-bond donors (Lipinski definition) is 1. The Bertz CT molecular complexity index is 920. The van der Waals surface area contributed by atoms with Crippen LogP contribution in [0.25, 0.3) is 11.5 Å². The molecule has 0 bridgehead atoms. The number of aromatic nitrogens is 4. The highest BCUT2D eigenvalue weighted by Gasteiger charge is 2.27. The quantitative estimate of drug-likeness (QED) is 0.716. The van der Waals surface area contributed by atoms with Crippen LogP contribution in [0.15, 0.2) is 47.2 Å². The van der Waals surface area contributed by atoms with Gasteiger partial charge in [-0.05, 0) is 49.4 Å². The molecule has 0 saturated heterocycles. The maximum absolute atomic E-state index is 5.44. The Morgan fingerprint density at radius 1 is 1.19 bits per heavy atom. The smallest absolute Gasteiger partial charge is 0.244 e. The second kappa shape index (κ2) is 7.46. The number of nitrogens with one attached hydrogen (secondary N) is 1. The van der Waals surface area contributed by atoms with Gasteiger partial charge in [0.15, 0.2) is 0 Å². The van der Waals surface area contributed by atoms with E-state index in [1.807, 2.05) is 30.3 Å². The van der Waals surface area contributed by atoms with Crippen LogP contribution in [-0.4, -0.2) is 26.2 Å². The summed E-state index contributed by atoms with van der Waals surface area (Å²) in [5, 5.41) is 7.59. The van der Waals surface area contributed by atoms with Crippen LogP contribution < -0.4 is 5.32 Å². The summed E-state index contributed by atoms with van der Waals surface area (Å²) in [6, 6.07) is 10.1. The van der Waals surface area contributed by atoms with Crippen LogP contribution in [-0.2, 0) is 0 Å². The molecule has 0 radical (unpaired) electrons. The normalized spacial score (nSPS) is 14.5. The predicted molar refractivity (Wildman–Crippen MR) is 96.9 cm³/mol. The van der Waals surface area contributed by atoms with Gasteiger partial charge in [0, 0.05) is 24.0 Å². The molecule has 1 aliphatic carbocycles. The Balaban J connectivity index is 1.48. The Morgan fingerprint density at radius 3 is 2.81 bits per heavy atom. The fraction of sp³-hybridized carbons (Fsp3) is 0.300. The average molecular weight is 345 g/mol. The standard InChI is InChI=1S/C20H19N5O/c1-2-17(23-16-9-10-16)20-24-19(25-26-20)18-11-7-14(13-22-18)6-8-15-5-3-4-12-21-15/h3-5,7,11-13,16-17,23H,2,9-10H2,1H3. The lowest BCUT2D eigenvalue weighted by molar-refractivity contribution is 0.324. The lowest BCUT2D eigenvalue weighted by Gasteiger charge is -2.10. The highest BCUT2D eigenvalue weighted by Crippen LogP contribution is 2.26. The third-order valence-electron chi connectivity index (χ3n) is 4.15. The van der Waals surface area contributed by atoms with Gasteiger partial charge in [-0.15, -0.1) is 0 Å². The summed E-state index contributed by atoms with van der Waals surface area (Å²) in [6.45, 7) is 2.11. The first kappa shape index (κ1) is 16.4. The minimum Gasteiger partial charge on any atom is -0.337 e. The first-order valence-electron chi connectivity index (χ1n) is 8.81. The summed E-state index contributed by atoms with van der Waals surface area (Å²) in [5.41, 5.74) is 2.21. The molecule has 4 rings (SSSR count). The van der Waals surface area contributed by atoms with E-state index in [-0.39, 0.29) is 6.04 Å². The minimum absolute atomic E-state index is 0.104. The molecule has 1 atom stereocenters. The van der Waals surface area contributed by atoms with Crippen molar-refractivity contribution in [2.75, 3.05) is 0 Å². The van der Waals surface area contributed by atoms with Crippen molar-refractivity contribution in [1.82, 2.24) is 25.4 Å². The van der Waals surface area contributed by atoms with Crippen molar-refractivity contribution in [3.8, 4) is 23.4 Å². The zero-order chi connectivity index (χ0) is 17.8. The molecular formula is C20H19N5O. The molecule has 1 saturated carbocycles. The predicted octanol–water partition coefficient (Wildman–Crippen LogP) is 3.13. The van der Waals surface area contributed by atoms with Crippen LogP contribution in [0.1, 0.15) is 49.4 Å². The molecule has 0 amide bonds. The van der Waals surface area contributed by atoms with Crippen LogP contribution in [0, 0.1) is 11.8 Å². The van der Waals surface area contributed by atoms with Crippen LogP contribution in [0.5, 0.6) is 0 Å². The molecule has 1 aliphatic rings. The van der Waals surface area contributed by atoms with Gasteiger partial charge in [0.2, 0.25) is 11.7 Å². The molecule has 3 aromatic heterocycles. The number of rotatable bonds is 5. The fourth-order valence-corrected chi connectivity index (χ4v) is 2.55. The van der Waals surface area contributed by atoms with E-state index in [0.29, 0.717) is 23.5 Å². The monoisotopic (exact) mass is 345 g/mol. The fourth-order valence-electron chi connectivity index (χ4n) is 2.55. The third-order valence-corrected chi connectivity index (χ3v) is 4.15. The summed E-state index contributed by atoms with van der Waals surface area (Å²) < 4.78 is 5.44. The molecule has 0 spiro atoms. The van der Waals surface area contributed by atoms with Gasteiger partial charge in [0.05, 0.1) is 6.04 Å². The second-order valence-electron chi connectivity index (χ2n) is 6.26. The second-order valence-corrected chi connectivity index (χ2v) is 6.26. The number of pyridine rings is 2. The molecule has 1 N–H and O–H groups in total. The minimum atomic E-state index is 0.104. The summed E-state index contributed by atoms with van der Waals surface area (Å²) in [4.78, 5) is 13.1. The van der Waals surface area contributed by atoms with E-state index in [2.05, 4.69) is 44.2 Å². The highest BCUT2D eigenvalue weighted by molar-refractivity contribution is 5.50. The Labute approximate surface area is 152 Å². The van der Waals surface area contributed by atoms with Crippen molar-refractivity contribution >= 4 is 0 Å². The first-order chi connectivity index (χ1) is 12.8. The zero-order valence-corrected chi connectivity index (χ0v) is 14.5. The van der Waals surface area contributed by atoms with Crippen molar-refractivity contribution in [3.63, 3.8) is 0 Å². The molecular weight excluding hydrogens is 326 g/mol. The lowest BCUT2D eigenvalue weighted by Crippen LogP contribution is -2.23. The van der Waals surface area contributed by atoms with Gasteiger partial charge in [-0.25, -0.2) is 4.98 Å². The third kappa shape index (κ3) is 3.95. The van der Waals surface area contributed by atoms with E-state index in [4.69, 9.17) is 4.52 Å². The van der Waals surface area contributed by atoms with Crippen LogP contribution in [0.3, 0.4) is 0 Å². The highest BCUT2D eigenvalue weighted by atomic mass is 16.5. The van der Waals surface area contributed by atoms with Gasteiger partial charge >= 0.3 is 0 Å². The van der Waals surface area contributed by atoms with Crippen molar-refractivity contribution in [2.24, 2.45) is 0 Å². The van der Waals surface area contributed by atoms with E-state index < -0.39 is 0 Å². The summed E-state index contributed by atoms with van der Waals surface area (Å²) in [5.74, 6) is 7.18. The van der Waals surface area contributed by atoms with E-state index in [0.717, 1.165) is 17.7 Å². The zero-order valence-electron chi connectivity index (χ0n) is 14.5. The van der Waals surface area contributed by atoms with Crippen molar-refractivity contribution < 1.29 is 4.52 Å². The van der Waals surface area contributed by atoms with Gasteiger partial charge in [0.25, 0.3) is 0 Å². The van der Waals surface area contributed by atoms with Gasteiger partial charge in [0.1, 0.15) is 11.4 Å². The molecule has 1 unspecified atom stereocenters. The SMILES string of the molecule is CCC(NC1CC1)c1nc(-c2ccc(C#Cc3ccccn3)cn2)no1. The number of hydrogen-bond acceptors (Lipinski definition) is 6. The van der Waals surface area contributed by atoms with Gasteiger partial charge < -0.3 is 9.84 Å². The van der Waals surface area contributed by atoms with Crippen LogP contribution >= 0.6 is 0 Å². The largest absolute Gasteiger partial charge is 0.337 e. The van der Waals surface area contributed by atoms with Crippen molar-refractivity contribution in [3.05, 3.63) is 59.9 Å². The topological polar surface area (TPSA) is 76.7 Å². The molecule has 0 aromatic carbocycles. The molecule has 0 aliphatic heterocycles. The Morgan fingerprint density at radius 2 is 2.12 bits per heavy atom. The van der Waals surface area contributed by atoms with Crippen molar-refractivity contribution in [2.45, 2.75) is 38.3 Å². The van der Waals surface area contributed by atoms with Crippen LogP contribution in [0.2, 0.25) is 0 Å². The average Bonchev–Trinajstić information content (AvgIpc) is 3.39. The van der Waals surface area contributed by atoms with Gasteiger partial charge in [-0.1, -0.05) is 24.1 Å². The molecule has 1 fully saturated rings. The van der Waals surface area contributed by atoms with Crippen molar-refractivity contribution in [1.29, 1.82) is 0 Å². The molecule has 26 heavy (non-hydrogen) atoms. The van der Waals surface area contributed by atoms with Gasteiger partial charge in [-0.3, -0.25) is 4.98 Å². The lowest BCUT2D eigenvalue weighted by atomic mass is 10.2. The molecule has 3 aromatic rings. The summed E-state index contributed by atoms with van der Waals surface area (Å²) in [7, 11) is 0. The maximum Gasteiger partial charge on any atom is 0.244 e. The van der Waals surface area contributed by atoms with E-state index in [1.54, 1.807) is 12.4 Å². The van der Waals surface area contributed by atoms with Gasteiger partial charge in [-0.2, -0.15) is 4.98 Å². The molecule has 6 nitrogen and oxygen atoms in total. The summed E-state index contributed by atoms with van der Waals surface area (Å²) >= 11 is 0. The Hall–Kier alpha value is -3.04. The van der Waals surface area contributed by atoms with Crippen LogP contribution in [0.4, 0.5) is 0 Å². The molecule has 130 valence electrons. The van der Waals surface area contributed by atoms with E-state index >= 15 is 0 Å². The number of nitrogens with zero attached hydrogens (tertiary/aromatic N) is 4. The first-order valence-corrected chi connectivity index (χ1v) is 8.81.